The van der Waals surface area contributed by atoms with Crippen LogP contribution in [0.15, 0.2) is 53.4 Å². The van der Waals surface area contributed by atoms with Gasteiger partial charge in [0.1, 0.15) is 0 Å². The Labute approximate surface area is 151 Å². The van der Waals surface area contributed by atoms with Crippen molar-refractivity contribution >= 4 is 21.6 Å². The lowest BCUT2D eigenvalue weighted by atomic mass is 10.2. The Hall–Kier alpha value is -2.73. The van der Waals surface area contributed by atoms with E-state index in [4.69, 9.17) is 10.00 Å². The van der Waals surface area contributed by atoms with Crippen molar-refractivity contribution in [2.45, 2.75) is 4.90 Å². The first-order valence-electron chi connectivity index (χ1n) is 8.00. The van der Waals surface area contributed by atoms with Crippen molar-refractivity contribution in [2.24, 2.45) is 0 Å². The first kappa shape index (κ1) is 18.1. The summed E-state index contributed by atoms with van der Waals surface area (Å²) in [5.74, 6) is -0.445. The Kier molecular flexibility index (Phi) is 5.32. The van der Waals surface area contributed by atoms with E-state index >= 15 is 0 Å². The third-order valence-electron chi connectivity index (χ3n) is 3.95. The number of sulfonamides is 1. The van der Waals surface area contributed by atoms with E-state index in [9.17, 15) is 13.2 Å². The smallest absolute Gasteiger partial charge is 0.255 e. The molecule has 0 radical (unpaired) electrons. The van der Waals surface area contributed by atoms with Crippen LogP contribution >= 0.6 is 0 Å². The van der Waals surface area contributed by atoms with Gasteiger partial charge in [0.25, 0.3) is 5.91 Å². The molecule has 0 aliphatic carbocycles. The maximum absolute atomic E-state index is 12.7. The van der Waals surface area contributed by atoms with Crippen LogP contribution in [0.1, 0.15) is 15.9 Å². The molecule has 1 heterocycles. The third-order valence-corrected chi connectivity index (χ3v) is 5.85. The van der Waals surface area contributed by atoms with Gasteiger partial charge < -0.3 is 10.1 Å². The van der Waals surface area contributed by atoms with E-state index in [0.29, 0.717) is 37.6 Å². The number of nitrogens with zero attached hydrogens (tertiary/aromatic N) is 2. The fourth-order valence-electron chi connectivity index (χ4n) is 2.60. The second-order valence-electron chi connectivity index (χ2n) is 5.69. The van der Waals surface area contributed by atoms with Crippen LogP contribution in [0.2, 0.25) is 0 Å². The van der Waals surface area contributed by atoms with Gasteiger partial charge in [-0.2, -0.15) is 9.57 Å². The first-order valence-corrected chi connectivity index (χ1v) is 9.44. The molecular formula is C18H17N3O4S. The maximum Gasteiger partial charge on any atom is 0.255 e. The number of morpholine rings is 1. The number of rotatable bonds is 4. The van der Waals surface area contributed by atoms with E-state index in [0.717, 1.165) is 0 Å². The number of nitrogens with one attached hydrogen (secondary N) is 1. The summed E-state index contributed by atoms with van der Waals surface area (Å²) in [7, 11) is -3.67. The molecule has 8 heteroatoms. The number of carbonyl (C=O) groups is 1. The summed E-state index contributed by atoms with van der Waals surface area (Å²) in [5.41, 5.74) is 1.11. The van der Waals surface area contributed by atoms with Crippen molar-refractivity contribution in [1.82, 2.24) is 4.31 Å². The molecule has 0 bridgehead atoms. The standard InChI is InChI=1S/C18H17N3O4S/c19-13-14-3-1-5-16(11-14)20-18(22)15-4-2-6-17(12-15)26(23,24)21-7-9-25-10-8-21/h1-6,11-12H,7-10H2,(H,20,22). The van der Waals surface area contributed by atoms with Gasteiger partial charge in [-0.3, -0.25) is 4.79 Å². The zero-order valence-corrected chi connectivity index (χ0v) is 14.7. The molecule has 1 fully saturated rings. The molecule has 134 valence electrons. The Bertz CT molecular complexity index is 960. The number of benzene rings is 2. The van der Waals surface area contributed by atoms with Crippen molar-refractivity contribution in [3.8, 4) is 6.07 Å². The molecule has 2 aromatic carbocycles. The van der Waals surface area contributed by atoms with Gasteiger partial charge in [0.2, 0.25) is 10.0 Å². The van der Waals surface area contributed by atoms with Crippen molar-refractivity contribution in [3.05, 3.63) is 59.7 Å². The number of hydrogen-bond donors (Lipinski definition) is 1. The van der Waals surface area contributed by atoms with Crippen LogP contribution in [0, 0.1) is 11.3 Å². The van der Waals surface area contributed by atoms with E-state index < -0.39 is 15.9 Å². The fourth-order valence-corrected chi connectivity index (χ4v) is 4.06. The number of ether oxygens (including phenoxy) is 1. The van der Waals surface area contributed by atoms with Gasteiger partial charge in [-0.1, -0.05) is 12.1 Å². The lowest BCUT2D eigenvalue weighted by molar-refractivity contribution is 0.0730. The highest BCUT2D eigenvalue weighted by atomic mass is 32.2. The minimum Gasteiger partial charge on any atom is -0.379 e. The van der Waals surface area contributed by atoms with Crippen LogP contribution in [0.4, 0.5) is 5.69 Å². The van der Waals surface area contributed by atoms with Gasteiger partial charge in [0.15, 0.2) is 0 Å². The molecule has 1 N–H and O–H groups in total. The predicted octanol–water partition coefficient (Wildman–Crippen LogP) is 1.83. The second kappa shape index (κ2) is 7.66. The molecule has 3 rings (SSSR count). The van der Waals surface area contributed by atoms with Crippen LogP contribution in [-0.2, 0) is 14.8 Å². The van der Waals surface area contributed by atoms with Gasteiger partial charge in [-0.25, -0.2) is 8.42 Å². The lowest BCUT2D eigenvalue weighted by Gasteiger charge is -2.26. The Morgan fingerprint density at radius 1 is 1.12 bits per heavy atom. The van der Waals surface area contributed by atoms with Gasteiger partial charge in [-0.15, -0.1) is 0 Å². The van der Waals surface area contributed by atoms with Crippen LogP contribution in [-0.4, -0.2) is 44.9 Å². The summed E-state index contributed by atoms with van der Waals surface area (Å²) < 4.78 is 31.9. The van der Waals surface area contributed by atoms with Crippen LogP contribution in [0.25, 0.3) is 0 Å². The fraction of sp³-hybridized carbons (Fsp3) is 0.222. The number of hydrogen-bond acceptors (Lipinski definition) is 5. The highest BCUT2D eigenvalue weighted by Crippen LogP contribution is 2.19. The molecule has 1 saturated heterocycles. The summed E-state index contributed by atoms with van der Waals surface area (Å²) in [6.45, 7) is 1.29. The van der Waals surface area contributed by atoms with E-state index in [1.807, 2.05) is 6.07 Å². The van der Waals surface area contributed by atoms with Gasteiger partial charge in [0, 0.05) is 24.3 Å². The lowest BCUT2D eigenvalue weighted by Crippen LogP contribution is -2.40. The Morgan fingerprint density at radius 2 is 1.85 bits per heavy atom. The first-order chi connectivity index (χ1) is 12.5. The molecule has 1 aliphatic rings. The van der Waals surface area contributed by atoms with Crippen molar-refractivity contribution in [2.75, 3.05) is 31.6 Å². The van der Waals surface area contributed by atoms with Crippen molar-refractivity contribution in [3.63, 3.8) is 0 Å². The normalized spacial score (nSPS) is 15.2. The predicted molar refractivity (Wildman–Crippen MR) is 95.1 cm³/mol. The minimum absolute atomic E-state index is 0.0674. The molecule has 0 aromatic heterocycles. The SMILES string of the molecule is N#Cc1cccc(NC(=O)c2cccc(S(=O)(=O)N3CCOCC3)c2)c1. The molecule has 7 nitrogen and oxygen atoms in total. The maximum atomic E-state index is 12.7. The topological polar surface area (TPSA) is 99.5 Å². The summed E-state index contributed by atoms with van der Waals surface area (Å²) in [6, 6.07) is 14.4. The molecular weight excluding hydrogens is 354 g/mol. The molecule has 0 saturated carbocycles. The largest absolute Gasteiger partial charge is 0.379 e. The average Bonchev–Trinajstić information content (AvgIpc) is 2.69. The van der Waals surface area contributed by atoms with Crippen LogP contribution in [0.5, 0.6) is 0 Å². The zero-order chi connectivity index (χ0) is 18.6. The van der Waals surface area contributed by atoms with E-state index in [2.05, 4.69) is 5.32 Å². The van der Waals surface area contributed by atoms with Crippen LogP contribution in [0.3, 0.4) is 0 Å². The van der Waals surface area contributed by atoms with E-state index in [-0.39, 0.29) is 10.5 Å². The number of amides is 1. The highest BCUT2D eigenvalue weighted by molar-refractivity contribution is 7.89. The summed E-state index contributed by atoms with van der Waals surface area (Å²) in [4.78, 5) is 12.5. The van der Waals surface area contributed by atoms with Gasteiger partial charge >= 0.3 is 0 Å². The number of anilines is 1. The van der Waals surface area contributed by atoms with Gasteiger partial charge in [-0.05, 0) is 36.4 Å². The van der Waals surface area contributed by atoms with Crippen LogP contribution < -0.4 is 5.32 Å². The Morgan fingerprint density at radius 3 is 2.58 bits per heavy atom. The van der Waals surface area contributed by atoms with Crippen molar-refractivity contribution in [1.29, 1.82) is 5.26 Å². The minimum atomic E-state index is -3.67. The zero-order valence-electron chi connectivity index (χ0n) is 13.9. The molecule has 0 spiro atoms. The summed E-state index contributed by atoms with van der Waals surface area (Å²) in [6.07, 6.45) is 0. The molecule has 0 atom stereocenters. The third kappa shape index (κ3) is 3.91. The molecule has 1 aliphatic heterocycles. The van der Waals surface area contributed by atoms with E-state index in [1.165, 1.54) is 22.5 Å². The Balaban J connectivity index is 1.82. The summed E-state index contributed by atoms with van der Waals surface area (Å²) >= 11 is 0. The average molecular weight is 371 g/mol. The second-order valence-corrected chi connectivity index (χ2v) is 7.63. The van der Waals surface area contributed by atoms with E-state index in [1.54, 1.807) is 30.3 Å². The molecule has 1 amide bonds. The molecule has 0 unspecified atom stereocenters. The molecule has 26 heavy (non-hydrogen) atoms. The number of carbonyl (C=O) groups excluding carboxylic acids is 1. The quantitative estimate of drug-likeness (QED) is 0.884. The summed E-state index contributed by atoms with van der Waals surface area (Å²) in [5, 5.41) is 11.6. The number of nitriles is 1. The van der Waals surface area contributed by atoms with Gasteiger partial charge in [0.05, 0.1) is 29.7 Å². The monoisotopic (exact) mass is 371 g/mol. The molecule has 2 aromatic rings. The highest BCUT2D eigenvalue weighted by Gasteiger charge is 2.26. The van der Waals surface area contributed by atoms with Crippen molar-refractivity contribution < 1.29 is 17.9 Å².